The van der Waals surface area contributed by atoms with E-state index in [1.165, 1.54) is 6.42 Å². The second-order valence-electron chi connectivity index (χ2n) is 6.95. The molecule has 4 rings (SSSR count). The molecular formula is C19H23N5O2S. The van der Waals surface area contributed by atoms with Gasteiger partial charge in [0, 0.05) is 10.6 Å². The van der Waals surface area contributed by atoms with E-state index in [0.717, 1.165) is 41.8 Å². The first-order chi connectivity index (χ1) is 13.2. The Hall–Kier alpha value is -2.35. The first-order valence-corrected chi connectivity index (χ1v) is 10.5. The van der Waals surface area contributed by atoms with Gasteiger partial charge in [0.15, 0.2) is 0 Å². The zero-order chi connectivity index (χ0) is 18.8. The first kappa shape index (κ1) is 18.0. The Morgan fingerprint density at radius 2 is 1.96 bits per heavy atom. The summed E-state index contributed by atoms with van der Waals surface area (Å²) in [5.41, 5.74) is 2.26. The van der Waals surface area contributed by atoms with E-state index in [1.807, 2.05) is 37.4 Å². The van der Waals surface area contributed by atoms with Crippen LogP contribution in [0.15, 0.2) is 40.4 Å². The molecule has 8 heteroatoms. The van der Waals surface area contributed by atoms with Gasteiger partial charge in [0.2, 0.25) is 5.95 Å². The largest absolute Gasteiger partial charge is 0.459 e. The van der Waals surface area contributed by atoms with E-state index in [1.54, 1.807) is 16.4 Å². The average Bonchev–Trinajstić information content (AvgIpc) is 3.15. The summed E-state index contributed by atoms with van der Waals surface area (Å²) >= 11 is 1.68. The number of carbonyl (C=O) groups excluding carboxylic acids is 1. The molecule has 0 spiro atoms. The number of tetrazole rings is 1. The number of thioether (sulfide) groups is 1. The summed E-state index contributed by atoms with van der Waals surface area (Å²) in [5.74, 6) is 0.243. The monoisotopic (exact) mass is 385 g/mol. The molecule has 142 valence electrons. The van der Waals surface area contributed by atoms with Gasteiger partial charge in [0.1, 0.15) is 12.1 Å². The zero-order valence-corrected chi connectivity index (χ0v) is 16.3. The predicted octanol–water partition coefficient (Wildman–Crippen LogP) is 3.56. The molecule has 0 radical (unpaired) electrons. The molecule has 1 atom stereocenters. The summed E-state index contributed by atoms with van der Waals surface area (Å²) in [5, 5.41) is 15.1. The van der Waals surface area contributed by atoms with Gasteiger partial charge in [-0.05, 0) is 67.0 Å². The van der Waals surface area contributed by atoms with Gasteiger partial charge in [-0.3, -0.25) is 0 Å². The van der Waals surface area contributed by atoms with E-state index >= 15 is 0 Å². The topological polar surface area (TPSA) is 81.9 Å². The number of nitrogens with zero attached hydrogens (tertiary/aromatic N) is 4. The summed E-state index contributed by atoms with van der Waals surface area (Å²) in [7, 11) is 0. The van der Waals surface area contributed by atoms with Crippen molar-refractivity contribution >= 4 is 23.7 Å². The van der Waals surface area contributed by atoms with Crippen molar-refractivity contribution in [2.75, 3.05) is 11.6 Å². The molecule has 1 aliphatic carbocycles. The quantitative estimate of drug-likeness (QED) is 0.636. The fourth-order valence-electron chi connectivity index (χ4n) is 3.77. The summed E-state index contributed by atoms with van der Waals surface area (Å²) in [6.07, 6.45) is 7.37. The fraction of sp³-hybridized carbons (Fsp3) is 0.474. The third kappa shape index (κ3) is 3.58. The Labute approximate surface area is 162 Å². The van der Waals surface area contributed by atoms with Crippen LogP contribution < -0.4 is 5.32 Å². The van der Waals surface area contributed by atoms with E-state index in [9.17, 15) is 4.79 Å². The van der Waals surface area contributed by atoms with Gasteiger partial charge in [0.05, 0.1) is 5.57 Å². The van der Waals surface area contributed by atoms with Crippen LogP contribution in [0.4, 0.5) is 5.95 Å². The van der Waals surface area contributed by atoms with Crippen LogP contribution in [0.3, 0.4) is 0 Å². The van der Waals surface area contributed by atoms with Crippen LogP contribution in [-0.2, 0) is 9.53 Å². The van der Waals surface area contributed by atoms with Gasteiger partial charge >= 0.3 is 5.97 Å². The van der Waals surface area contributed by atoms with Crippen LogP contribution in [0.5, 0.6) is 0 Å². The van der Waals surface area contributed by atoms with Gasteiger partial charge in [0.25, 0.3) is 0 Å². The minimum absolute atomic E-state index is 0.00124. The van der Waals surface area contributed by atoms with Crippen LogP contribution in [0.2, 0.25) is 0 Å². The van der Waals surface area contributed by atoms with Crippen LogP contribution in [0, 0.1) is 0 Å². The summed E-state index contributed by atoms with van der Waals surface area (Å²) in [4.78, 5) is 14.3. The third-order valence-corrected chi connectivity index (χ3v) is 5.94. The molecule has 1 aliphatic heterocycles. The zero-order valence-electron chi connectivity index (χ0n) is 15.5. The molecule has 1 N–H and O–H groups in total. The molecule has 27 heavy (non-hydrogen) atoms. The molecular weight excluding hydrogens is 362 g/mol. The number of benzene rings is 1. The second kappa shape index (κ2) is 7.72. The maximum absolute atomic E-state index is 13.1. The highest BCUT2D eigenvalue weighted by Gasteiger charge is 2.36. The number of esters is 1. The SMILES string of the molecule is CSc1ccc(C2C(C(=O)OC3CCCCC3)=C(C)Nc3nnnn32)cc1. The predicted molar refractivity (Wildman–Crippen MR) is 103 cm³/mol. The minimum Gasteiger partial charge on any atom is -0.459 e. The Kier molecular flexibility index (Phi) is 5.15. The van der Waals surface area contributed by atoms with Gasteiger partial charge in [-0.2, -0.15) is 4.68 Å². The standard InChI is InChI=1S/C19H23N5O2S/c1-12-16(18(25)26-14-6-4-3-5-7-14)17(24-19(20-12)21-22-23-24)13-8-10-15(27-2)11-9-13/h8-11,14,17H,3-7H2,1-2H3,(H,20,21,23). The van der Waals surface area contributed by atoms with Crippen molar-refractivity contribution < 1.29 is 9.53 Å². The van der Waals surface area contributed by atoms with Crippen molar-refractivity contribution in [1.29, 1.82) is 0 Å². The molecule has 7 nitrogen and oxygen atoms in total. The average molecular weight is 385 g/mol. The molecule has 0 amide bonds. The van der Waals surface area contributed by atoms with Crippen molar-refractivity contribution in [3.63, 3.8) is 0 Å². The number of carbonyl (C=O) groups is 1. The molecule has 0 bridgehead atoms. The van der Waals surface area contributed by atoms with E-state index in [0.29, 0.717) is 11.5 Å². The van der Waals surface area contributed by atoms with E-state index in [4.69, 9.17) is 4.74 Å². The molecule has 1 aromatic carbocycles. The molecule has 2 heterocycles. The maximum atomic E-state index is 13.1. The number of hydrogen-bond donors (Lipinski definition) is 1. The highest BCUT2D eigenvalue weighted by atomic mass is 32.2. The van der Waals surface area contributed by atoms with Crippen molar-refractivity contribution in [3.8, 4) is 0 Å². The lowest BCUT2D eigenvalue weighted by molar-refractivity contribution is -0.146. The highest BCUT2D eigenvalue weighted by molar-refractivity contribution is 7.98. The Morgan fingerprint density at radius 3 is 2.67 bits per heavy atom. The van der Waals surface area contributed by atoms with Crippen molar-refractivity contribution in [3.05, 3.63) is 41.1 Å². The lowest BCUT2D eigenvalue weighted by Crippen LogP contribution is -2.32. The number of allylic oxidation sites excluding steroid dienone is 1. The Bertz CT molecular complexity index is 855. The minimum atomic E-state index is -0.400. The van der Waals surface area contributed by atoms with Crippen LogP contribution in [0.25, 0.3) is 0 Å². The number of ether oxygens (including phenoxy) is 1. The second-order valence-corrected chi connectivity index (χ2v) is 7.83. The van der Waals surface area contributed by atoms with Crippen molar-refractivity contribution in [1.82, 2.24) is 20.2 Å². The van der Waals surface area contributed by atoms with Gasteiger partial charge < -0.3 is 10.1 Å². The third-order valence-electron chi connectivity index (χ3n) is 5.19. The molecule has 2 aromatic rings. The van der Waals surface area contributed by atoms with Gasteiger partial charge in [-0.1, -0.05) is 23.7 Å². The molecule has 2 aliphatic rings. The summed E-state index contributed by atoms with van der Waals surface area (Å²) in [6, 6.07) is 7.74. The van der Waals surface area contributed by atoms with Crippen LogP contribution in [-0.4, -0.2) is 38.5 Å². The Morgan fingerprint density at radius 1 is 1.22 bits per heavy atom. The number of nitrogens with one attached hydrogen (secondary N) is 1. The first-order valence-electron chi connectivity index (χ1n) is 9.28. The summed E-state index contributed by atoms with van der Waals surface area (Å²) in [6.45, 7) is 1.87. The highest BCUT2D eigenvalue weighted by Crippen LogP contribution is 2.36. The molecule has 1 fully saturated rings. The smallest absolute Gasteiger partial charge is 0.338 e. The van der Waals surface area contributed by atoms with E-state index < -0.39 is 6.04 Å². The fourth-order valence-corrected chi connectivity index (χ4v) is 4.18. The number of hydrogen-bond acceptors (Lipinski definition) is 7. The number of rotatable bonds is 4. The Balaban J connectivity index is 1.68. The van der Waals surface area contributed by atoms with Gasteiger partial charge in [-0.25, -0.2) is 4.79 Å². The normalized spacial score (nSPS) is 20.1. The number of anilines is 1. The number of aromatic nitrogens is 4. The molecule has 1 aromatic heterocycles. The summed E-state index contributed by atoms with van der Waals surface area (Å²) < 4.78 is 7.52. The van der Waals surface area contributed by atoms with E-state index in [2.05, 4.69) is 20.8 Å². The van der Waals surface area contributed by atoms with E-state index in [-0.39, 0.29) is 12.1 Å². The van der Waals surface area contributed by atoms with Crippen LogP contribution in [0.1, 0.15) is 50.6 Å². The van der Waals surface area contributed by atoms with Gasteiger partial charge in [-0.15, -0.1) is 11.8 Å². The van der Waals surface area contributed by atoms with Crippen molar-refractivity contribution in [2.45, 2.75) is 56.1 Å². The number of fused-ring (bicyclic) bond motifs is 1. The van der Waals surface area contributed by atoms with Crippen LogP contribution >= 0.6 is 11.8 Å². The lowest BCUT2D eigenvalue weighted by atomic mass is 9.95. The molecule has 1 saturated carbocycles. The van der Waals surface area contributed by atoms with Crippen molar-refractivity contribution in [2.24, 2.45) is 0 Å². The molecule has 0 saturated heterocycles. The molecule has 1 unspecified atom stereocenters. The maximum Gasteiger partial charge on any atom is 0.338 e. The lowest BCUT2D eigenvalue weighted by Gasteiger charge is -2.29.